The number of rotatable bonds is 4. The molecule has 1 spiro atoms. The minimum atomic E-state index is 0.105. The SMILES string of the molecule is Clc1ccc(/C=C/CN2CCC3(CC2)CN(c2cnccn2)c2ccc(Cl)cc23)cc1. The van der Waals surface area contributed by atoms with Crippen molar-refractivity contribution in [2.24, 2.45) is 0 Å². The van der Waals surface area contributed by atoms with Gasteiger partial charge in [-0.3, -0.25) is 9.88 Å². The van der Waals surface area contributed by atoms with E-state index >= 15 is 0 Å². The molecule has 4 nitrogen and oxygen atoms in total. The standard InChI is InChI=1S/C25H24Cl2N4/c26-20-5-3-19(4-6-20)2-1-13-30-14-9-25(10-15-30)18-31(24-17-28-11-12-29-24)23-8-7-21(27)16-22(23)25/h1-8,11-12,16-17H,9-10,13-15,18H2/b2-1+. The van der Waals surface area contributed by atoms with Crippen LogP contribution in [0.1, 0.15) is 24.0 Å². The fourth-order valence-electron chi connectivity index (χ4n) is 4.78. The number of benzene rings is 2. The van der Waals surface area contributed by atoms with E-state index in [9.17, 15) is 0 Å². The van der Waals surface area contributed by atoms with Crippen LogP contribution in [-0.2, 0) is 5.41 Å². The van der Waals surface area contributed by atoms with Gasteiger partial charge >= 0.3 is 0 Å². The number of nitrogens with zero attached hydrogens (tertiary/aromatic N) is 4. The Hall–Kier alpha value is -2.40. The highest BCUT2D eigenvalue weighted by Gasteiger charge is 2.45. The maximum absolute atomic E-state index is 6.41. The van der Waals surface area contributed by atoms with Gasteiger partial charge in [-0.25, -0.2) is 4.98 Å². The Labute approximate surface area is 193 Å². The summed E-state index contributed by atoms with van der Waals surface area (Å²) in [5, 5.41) is 1.57. The first-order valence-corrected chi connectivity index (χ1v) is 11.4. The minimum Gasteiger partial charge on any atom is -0.324 e. The Morgan fingerprint density at radius 1 is 0.968 bits per heavy atom. The van der Waals surface area contributed by atoms with Crippen LogP contribution in [0.3, 0.4) is 0 Å². The summed E-state index contributed by atoms with van der Waals surface area (Å²) in [6.07, 6.45) is 11.9. The predicted octanol–water partition coefficient (Wildman–Crippen LogP) is 5.98. The number of halogens is 2. The lowest BCUT2D eigenvalue weighted by Crippen LogP contribution is -2.44. The summed E-state index contributed by atoms with van der Waals surface area (Å²) in [6, 6.07) is 14.2. The average molecular weight is 451 g/mol. The van der Waals surface area contributed by atoms with Crippen molar-refractivity contribution >= 4 is 40.8 Å². The van der Waals surface area contributed by atoms with Crippen molar-refractivity contribution in [3.05, 3.63) is 88.3 Å². The first kappa shape index (κ1) is 20.5. The first-order valence-electron chi connectivity index (χ1n) is 10.6. The maximum atomic E-state index is 6.41. The molecule has 0 N–H and O–H groups in total. The van der Waals surface area contributed by atoms with E-state index in [4.69, 9.17) is 23.2 Å². The minimum absolute atomic E-state index is 0.105. The molecule has 0 unspecified atom stereocenters. The van der Waals surface area contributed by atoms with Gasteiger partial charge < -0.3 is 4.90 Å². The van der Waals surface area contributed by atoms with Gasteiger partial charge in [0.1, 0.15) is 0 Å². The molecule has 0 aliphatic carbocycles. The molecule has 0 bridgehead atoms. The van der Waals surface area contributed by atoms with Crippen LogP contribution in [0.15, 0.2) is 67.1 Å². The van der Waals surface area contributed by atoms with Gasteiger partial charge in [-0.15, -0.1) is 0 Å². The highest BCUT2D eigenvalue weighted by atomic mass is 35.5. The highest BCUT2D eigenvalue weighted by Crippen LogP contribution is 2.49. The number of anilines is 2. The molecule has 31 heavy (non-hydrogen) atoms. The number of aromatic nitrogens is 2. The molecule has 158 valence electrons. The number of hydrogen-bond donors (Lipinski definition) is 0. The summed E-state index contributed by atoms with van der Waals surface area (Å²) in [5.74, 6) is 0.899. The third-order valence-electron chi connectivity index (χ3n) is 6.46. The van der Waals surface area contributed by atoms with E-state index in [0.717, 1.165) is 54.9 Å². The molecule has 6 heteroatoms. The monoisotopic (exact) mass is 450 g/mol. The van der Waals surface area contributed by atoms with Crippen LogP contribution in [0.2, 0.25) is 10.0 Å². The van der Waals surface area contributed by atoms with Crippen molar-refractivity contribution in [1.29, 1.82) is 0 Å². The number of likely N-dealkylation sites (tertiary alicyclic amines) is 1. The van der Waals surface area contributed by atoms with E-state index in [2.05, 4.69) is 44.1 Å². The second kappa shape index (κ2) is 8.62. The Kier molecular flexibility index (Phi) is 5.70. The fraction of sp³-hybridized carbons (Fsp3) is 0.280. The van der Waals surface area contributed by atoms with Gasteiger partial charge in [-0.1, -0.05) is 47.5 Å². The van der Waals surface area contributed by atoms with Crippen LogP contribution in [0, 0.1) is 0 Å². The molecule has 0 atom stereocenters. The first-order chi connectivity index (χ1) is 15.1. The molecule has 0 amide bonds. The summed E-state index contributed by atoms with van der Waals surface area (Å²) in [4.78, 5) is 13.6. The van der Waals surface area contributed by atoms with Gasteiger partial charge in [-0.2, -0.15) is 0 Å². The lowest BCUT2D eigenvalue weighted by Gasteiger charge is -2.39. The molecule has 0 radical (unpaired) electrons. The van der Waals surface area contributed by atoms with Gasteiger partial charge in [0.25, 0.3) is 0 Å². The van der Waals surface area contributed by atoms with E-state index < -0.39 is 0 Å². The Morgan fingerprint density at radius 3 is 2.48 bits per heavy atom. The second-order valence-electron chi connectivity index (χ2n) is 8.35. The van der Waals surface area contributed by atoms with Crippen molar-refractivity contribution in [1.82, 2.24) is 14.9 Å². The van der Waals surface area contributed by atoms with Crippen molar-refractivity contribution in [2.75, 3.05) is 31.1 Å². The van der Waals surface area contributed by atoms with Crippen molar-refractivity contribution in [3.8, 4) is 0 Å². The topological polar surface area (TPSA) is 32.3 Å². The molecule has 5 rings (SSSR count). The zero-order valence-corrected chi connectivity index (χ0v) is 18.7. The molecule has 1 aromatic heterocycles. The van der Waals surface area contributed by atoms with Crippen LogP contribution in [0.4, 0.5) is 11.5 Å². The Balaban J connectivity index is 1.30. The van der Waals surface area contributed by atoms with Crippen LogP contribution in [0.25, 0.3) is 6.08 Å². The maximum Gasteiger partial charge on any atom is 0.151 e. The largest absolute Gasteiger partial charge is 0.324 e. The van der Waals surface area contributed by atoms with Gasteiger partial charge in [0.15, 0.2) is 5.82 Å². The molecule has 2 aromatic carbocycles. The third kappa shape index (κ3) is 4.20. The van der Waals surface area contributed by atoms with E-state index in [1.165, 1.54) is 16.8 Å². The van der Waals surface area contributed by atoms with Crippen molar-refractivity contribution in [2.45, 2.75) is 18.3 Å². The van der Waals surface area contributed by atoms with Crippen LogP contribution >= 0.6 is 23.2 Å². The summed E-state index contributed by atoms with van der Waals surface area (Å²) >= 11 is 12.4. The molecule has 2 aliphatic heterocycles. The third-order valence-corrected chi connectivity index (χ3v) is 6.95. The van der Waals surface area contributed by atoms with E-state index in [1.54, 1.807) is 12.4 Å². The van der Waals surface area contributed by atoms with E-state index in [0.29, 0.717) is 0 Å². The lowest BCUT2D eigenvalue weighted by molar-refractivity contribution is 0.182. The quantitative estimate of drug-likeness (QED) is 0.488. The van der Waals surface area contributed by atoms with Crippen LogP contribution in [-0.4, -0.2) is 41.0 Å². The summed E-state index contributed by atoms with van der Waals surface area (Å²) in [6.45, 7) is 4.00. The lowest BCUT2D eigenvalue weighted by atomic mass is 9.74. The predicted molar refractivity (Wildman–Crippen MR) is 128 cm³/mol. The number of fused-ring (bicyclic) bond motifs is 2. The Morgan fingerprint density at radius 2 is 1.74 bits per heavy atom. The zero-order valence-electron chi connectivity index (χ0n) is 17.2. The van der Waals surface area contributed by atoms with Gasteiger partial charge in [-0.05, 0) is 67.4 Å². The smallest absolute Gasteiger partial charge is 0.151 e. The van der Waals surface area contributed by atoms with Crippen molar-refractivity contribution in [3.63, 3.8) is 0 Å². The molecule has 0 saturated carbocycles. The van der Waals surface area contributed by atoms with E-state index in [1.807, 2.05) is 36.5 Å². The van der Waals surface area contributed by atoms with Crippen molar-refractivity contribution < 1.29 is 0 Å². The molecular weight excluding hydrogens is 427 g/mol. The van der Waals surface area contributed by atoms with Crippen LogP contribution in [0.5, 0.6) is 0 Å². The van der Waals surface area contributed by atoms with Gasteiger partial charge in [0, 0.05) is 46.6 Å². The summed E-state index contributed by atoms with van der Waals surface area (Å²) in [7, 11) is 0. The summed E-state index contributed by atoms with van der Waals surface area (Å²) < 4.78 is 0. The van der Waals surface area contributed by atoms with E-state index in [-0.39, 0.29) is 5.41 Å². The number of piperidine rings is 1. The average Bonchev–Trinajstić information content (AvgIpc) is 3.10. The molecular formula is C25H24Cl2N4. The summed E-state index contributed by atoms with van der Waals surface area (Å²) in [5.41, 5.74) is 3.84. The molecule has 3 aromatic rings. The molecule has 3 heterocycles. The highest BCUT2D eigenvalue weighted by molar-refractivity contribution is 6.31. The molecule has 1 fully saturated rings. The second-order valence-corrected chi connectivity index (χ2v) is 9.22. The fourth-order valence-corrected chi connectivity index (χ4v) is 5.08. The van der Waals surface area contributed by atoms with Gasteiger partial charge in [0.05, 0.1) is 6.20 Å². The Bertz CT molecular complexity index is 1070. The van der Waals surface area contributed by atoms with Crippen LogP contribution < -0.4 is 4.90 Å². The molecule has 1 saturated heterocycles. The molecule has 2 aliphatic rings. The van der Waals surface area contributed by atoms with Gasteiger partial charge in [0.2, 0.25) is 0 Å². The zero-order chi connectivity index (χ0) is 21.3. The number of hydrogen-bond acceptors (Lipinski definition) is 4. The normalized spacial score (nSPS) is 18.1.